The van der Waals surface area contributed by atoms with E-state index in [1.54, 1.807) is 0 Å². The van der Waals surface area contributed by atoms with Crippen molar-refractivity contribution >= 4 is 29.4 Å². The molecule has 0 saturated heterocycles. The van der Waals surface area contributed by atoms with Crippen molar-refractivity contribution in [3.63, 3.8) is 0 Å². The molecule has 5 rings (SSSR count). The average molecular weight is 873 g/mol. The van der Waals surface area contributed by atoms with Gasteiger partial charge in [-0.05, 0) is 92.0 Å². The van der Waals surface area contributed by atoms with Crippen molar-refractivity contribution in [2.75, 3.05) is 41.5 Å². The maximum absolute atomic E-state index is 14.0. The molecule has 3 aromatic carbocycles. The normalized spacial score (nSPS) is 14.2. The maximum atomic E-state index is 14.0. The molecule has 1 saturated carbocycles. The van der Waals surface area contributed by atoms with Gasteiger partial charge in [0.25, 0.3) is 0 Å². The third kappa shape index (κ3) is 14.5. The summed E-state index contributed by atoms with van der Waals surface area (Å²) in [5.74, 6) is 0.901. The van der Waals surface area contributed by atoms with Crippen molar-refractivity contribution < 1.29 is 53.8 Å². The number of esters is 1. The molecule has 1 aromatic heterocycles. The van der Waals surface area contributed by atoms with Crippen LogP contribution in [0.25, 0.3) is 0 Å². The molecule has 1 aliphatic carbocycles. The molecular formula is C43H49F9N4O3S. The molecule has 0 aliphatic heterocycles. The SMILES string of the molecule is CC(=O)OCc1ccccc1.CCN(CC1CCCCC1)c1ccc(C(F)(F)F)cc1CN(c1ncc(OCCSC)cn1)C(C)c1cc(C(F)(F)F)cc(C(F)(F)F)c1. The molecule has 1 atom stereocenters. The fraction of sp³-hybridized carbons (Fsp3) is 0.465. The van der Waals surface area contributed by atoms with Crippen LogP contribution in [-0.4, -0.2) is 47.6 Å². The Hall–Kier alpha value is -4.67. The highest BCUT2D eigenvalue weighted by atomic mass is 32.2. The molecule has 4 aromatic rings. The minimum atomic E-state index is -5.10. The molecule has 17 heteroatoms. The minimum absolute atomic E-state index is 0.0348. The van der Waals surface area contributed by atoms with Gasteiger partial charge in [0, 0.05) is 38.0 Å². The summed E-state index contributed by atoms with van der Waals surface area (Å²) in [7, 11) is 0. The Kier molecular flexibility index (Phi) is 17.4. The topological polar surface area (TPSA) is 67.8 Å². The number of carbonyl (C=O) groups is 1. The monoisotopic (exact) mass is 872 g/mol. The predicted octanol–water partition coefficient (Wildman–Crippen LogP) is 12.2. The summed E-state index contributed by atoms with van der Waals surface area (Å²) < 4.78 is 136. The molecule has 1 heterocycles. The van der Waals surface area contributed by atoms with Crippen LogP contribution in [-0.2, 0) is 41.2 Å². The Morgan fingerprint density at radius 3 is 1.97 bits per heavy atom. The van der Waals surface area contributed by atoms with Crippen molar-refractivity contribution in [3.05, 3.63) is 113 Å². The first-order valence-electron chi connectivity index (χ1n) is 19.4. The number of hydrogen-bond donors (Lipinski definition) is 0. The summed E-state index contributed by atoms with van der Waals surface area (Å²) in [5, 5.41) is 0. The highest BCUT2D eigenvalue weighted by Crippen LogP contribution is 2.41. The number of thioether (sulfide) groups is 1. The fourth-order valence-electron chi connectivity index (χ4n) is 6.77. The average Bonchev–Trinajstić information content (AvgIpc) is 3.21. The highest BCUT2D eigenvalue weighted by molar-refractivity contribution is 7.98. The Bertz CT molecular complexity index is 1910. The van der Waals surface area contributed by atoms with Gasteiger partial charge in [-0.15, -0.1) is 0 Å². The minimum Gasteiger partial charge on any atom is -0.489 e. The Balaban J connectivity index is 0.000000624. The zero-order valence-corrected chi connectivity index (χ0v) is 34.6. The Labute approximate surface area is 348 Å². The number of carbonyl (C=O) groups excluding carboxylic acids is 1. The van der Waals surface area contributed by atoms with Crippen LogP contribution in [0.2, 0.25) is 0 Å². The molecule has 0 N–H and O–H groups in total. The van der Waals surface area contributed by atoms with E-state index in [4.69, 9.17) is 9.47 Å². The lowest BCUT2D eigenvalue weighted by molar-refractivity contribution is -0.144. The number of benzene rings is 3. The lowest BCUT2D eigenvalue weighted by Gasteiger charge is -2.35. The van der Waals surface area contributed by atoms with Crippen LogP contribution in [0.5, 0.6) is 5.75 Å². The van der Waals surface area contributed by atoms with Gasteiger partial charge in [-0.1, -0.05) is 49.6 Å². The lowest BCUT2D eigenvalue weighted by Crippen LogP contribution is -2.33. The van der Waals surface area contributed by atoms with E-state index in [-0.39, 0.29) is 41.4 Å². The first-order chi connectivity index (χ1) is 28.3. The molecule has 1 unspecified atom stereocenters. The van der Waals surface area contributed by atoms with E-state index in [1.165, 1.54) is 49.0 Å². The van der Waals surface area contributed by atoms with E-state index in [2.05, 4.69) is 9.97 Å². The number of rotatable bonds is 15. The third-order valence-electron chi connectivity index (χ3n) is 9.95. The van der Waals surface area contributed by atoms with Gasteiger partial charge in [-0.3, -0.25) is 4.79 Å². The van der Waals surface area contributed by atoms with E-state index in [0.717, 1.165) is 49.8 Å². The van der Waals surface area contributed by atoms with Crippen LogP contribution >= 0.6 is 11.8 Å². The molecule has 0 radical (unpaired) electrons. The third-order valence-corrected chi connectivity index (χ3v) is 10.5. The summed E-state index contributed by atoms with van der Waals surface area (Å²) in [6.45, 7) is 6.05. The molecule has 0 bridgehead atoms. The number of hydrogen-bond acceptors (Lipinski definition) is 8. The molecule has 1 aliphatic rings. The lowest BCUT2D eigenvalue weighted by atomic mass is 9.88. The molecule has 0 spiro atoms. The van der Waals surface area contributed by atoms with Crippen LogP contribution in [0.4, 0.5) is 51.1 Å². The van der Waals surface area contributed by atoms with Crippen molar-refractivity contribution in [2.24, 2.45) is 5.92 Å². The molecule has 60 heavy (non-hydrogen) atoms. The highest BCUT2D eigenvalue weighted by Gasteiger charge is 2.38. The number of halogens is 9. The standard InChI is InChI=1S/C34H39F9N4OS.C9H10O2/c1-4-46(20-23-8-6-5-7-9-23)30-11-10-26(32(35,36)37)16-25(30)21-47(31-44-18-29(19-45-31)48-12-13-49-3)22(2)24-14-27(33(38,39)40)17-28(15-24)34(41,42)43;1-8(10)11-7-9-5-3-2-4-6-9/h10-11,14-19,22-23H,4-9,12-13,20-21H2,1-3H3;2-6H,7H2,1H3. The van der Waals surface area contributed by atoms with Crippen molar-refractivity contribution in [1.82, 2.24) is 9.97 Å². The second-order valence-corrected chi connectivity index (χ2v) is 15.3. The number of aromatic nitrogens is 2. The van der Waals surface area contributed by atoms with E-state index in [9.17, 15) is 44.3 Å². The number of nitrogens with zero attached hydrogens (tertiary/aromatic N) is 4. The maximum Gasteiger partial charge on any atom is 0.416 e. The van der Waals surface area contributed by atoms with Crippen LogP contribution in [0.3, 0.4) is 0 Å². The van der Waals surface area contributed by atoms with Crippen LogP contribution in [0.15, 0.2) is 79.1 Å². The van der Waals surface area contributed by atoms with Crippen molar-refractivity contribution in [1.29, 1.82) is 0 Å². The summed E-state index contributed by atoms with van der Waals surface area (Å²) in [6, 6.07) is 12.9. The number of ether oxygens (including phenoxy) is 2. The molecule has 328 valence electrons. The van der Waals surface area contributed by atoms with Gasteiger partial charge in [0.1, 0.15) is 6.61 Å². The van der Waals surface area contributed by atoms with Gasteiger partial charge in [0.15, 0.2) is 5.75 Å². The van der Waals surface area contributed by atoms with Gasteiger partial charge >= 0.3 is 24.5 Å². The first kappa shape index (κ1) is 48.0. The Morgan fingerprint density at radius 2 is 1.43 bits per heavy atom. The summed E-state index contributed by atoms with van der Waals surface area (Å²) >= 11 is 1.54. The molecule has 1 fully saturated rings. The van der Waals surface area contributed by atoms with Crippen molar-refractivity contribution in [3.8, 4) is 5.75 Å². The number of anilines is 2. The molecular weight excluding hydrogens is 824 g/mol. The number of alkyl halides is 9. The first-order valence-corrected chi connectivity index (χ1v) is 20.8. The zero-order chi connectivity index (χ0) is 44.1. The smallest absolute Gasteiger partial charge is 0.416 e. The van der Waals surface area contributed by atoms with Gasteiger partial charge in [0.05, 0.1) is 41.7 Å². The van der Waals surface area contributed by atoms with Gasteiger partial charge in [0.2, 0.25) is 5.95 Å². The van der Waals surface area contributed by atoms with Crippen LogP contribution in [0.1, 0.15) is 92.3 Å². The Morgan fingerprint density at radius 1 is 0.833 bits per heavy atom. The van der Waals surface area contributed by atoms with Crippen LogP contribution < -0.4 is 14.5 Å². The van der Waals surface area contributed by atoms with Crippen molar-refractivity contribution in [2.45, 2.75) is 90.6 Å². The second-order valence-electron chi connectivity index (χ2n) is 14.4. The van der Waals surface area contributed by atoms with Gasteiger partial charge in [-0.2, -0.15) is 51.3 Å². The second kappa shape index (κ2) is 21.7. The predicted molar refractivity (Wildman–Crippen MR) is 215 cm³/mol. The molecule has 0 amide bonds. The van der Waals surface area contributed by atoms with E-state index < -0.39 is 41.3 Å². The summed E-state index contributed by atoms with van der Waals surface area (Å²) in [5.41, 5.74) is -2.65. The van der Waals surface area contributed by atoms with Gasteiger partial charge < -0.3 is 19.3 Å². The fourth-order valence-corrected chi connectivity index (χ4v) is 7.02. The zero-order valence-electron chi connectivity index (χ0n) is 33.8. The van der Waals surface area contributed by atoms with E-state index in [1.807, 2.05) is 48.4 Å². The largest absolute Gasteiger partial charge is 0.489 e. The quantitative estimate of drug-likeness (QED) is 0.0665. The van der Waals surface area contributed by atoms with E-state index >= 15 is 0 Å². The molecule has 7 nitrogen and oxygen atoms in total. The summed E-state index contributed by atoms with van der Waals surface area (Å²) in [4.78, 5) is 22.3. The van der Waals surface area contributed by atoms with Gasteiger partial charge in [-0.25, -0.2) is 9.97 Å². The van der Waals surface area contributed by atoms with E-state index in [0.29, 0.717) is 55.8 Å². The van der Waals surface area contributed by atoms with Crippen LogP contribution in [0, 0.1) is 5.92 Å². The summed E-state index contributed by atoms with van der Waals surface area (Å²) in [6.07, 6.45) is -5.21.